The Hall–Kier alpha value is -2.10. The quantitative estimate of drug-likeness (QED) is 0.913. The summed E-state index contributed by atoms with van der Waals surface area (Å²) in [4.78, 5) is 1.44. The van der Waals surface area contributed by atoms with E-state index in [0.717, 1.165) is 37.6 Å². The van der Waals surface area contributed by atoms with Gasteiger partial charge in [-0.25, -0.2) is 0 Å². The lowest BCUT2D eigenvalue weighted by molar-refractivity contribution is -0.941. The molecule has 0 unspecified atom stereocenters. The van der Waals surface area contributed by atoms with Crippen molar-refractivity contribution in [2.75, 3.05) is 26.3 Å². The maximum atomic E-state index is 6.38. The van der Waals surface area contributed by atoms with Crippen LogP contribution >= 0.6 is 0 Å². The Balaban J connectivity index is 1.76. The molecule has 1 fully saturated rings. The first-order chi connectivity index (χ1) is 10.9. The van der Waals surface area contributed by atoms with Gasteiger partial charge in [-0.3, -0.25) is 4.90 Å². The summed E-state index contributed by atoms with van der Waals surface area (Å²) in [6.45, 7) is 3.58. The molecule has 112 valence electrons. The first kappa shape index (κ1) is 13.6. The van der Waals surface area contributed by atoms with Crippen LogP contribution in [0.4, 0.5) is 0 Å². The molecule has 0 spiro atoms. The summed E-state index contributed by atoms with van der Waals surface area (Å²) >= 11 is 0. The highest BCUT2D eigenvalue weighted by Crippen LogP contribution is 2.32. The molecule has 0 bridgehead atoms. The van der Waals surface area contributed by atoms with Gasteiger partial charge in [-0.05, 0) is 17.7 Å². The molecule has 4 rings (SSSR count). The van der Waals surface area contributed by atoms with Crippen LogP contribution in [-0.2, 0) is 4.74 Å². The second-order valence-corrected chi connectivity index (χ2v) is 5.77. The van der Waals surface area contributed by atoms with E-state index in [1.807, 2.05) is 6.07 Å². The molecule has 2 heterocycles. The molecule has 1 N–H and O–H groups in total. The largest absolute Gasteiger partial charge is 0.438 e. The third-order valence-corrected chi connectivity index (χ3v) is 4.37. The number of fused-ring (bicyclic) bond motifs is 1. The van der Waals surface area contributed by atoms with Crippen molar-refractivity contribution in [2.45, 2.75) is 6.23 Å². The number of hydrogen-bond acceptors (Lipinski definition) is 2. The smallest absolute Gasteiger partial charge is 0.259 e. The Morgan fingerprint density at radius 3 is 2.41 bits per heavy atom. The highest BCUT2D eigenvalue weighted by molar-refractivity contribution is 5.86. The van der Waals surface area contributed by atoms with E-state index in [4.69, 9.17) is 9.47 Å². The number of hydrogen-bond donors (Lipinski definition) is 1. The van der Waals surface area contributed by atoms with Gasteiger partial charge in [0.05, 0.1) is 18.8 Å². The maximum absolute atomic E-state index is 6.38. The van der Waals surface area contributed by atoms with Crippen LogP contribution < -0.4 is 9.64 Å². The molecule has 0 saturated carbocycles. The maximum Gasteiger partial charge on any atom is 0.259 e. The molecule has 0 radical (unpaired) electrons. The van der Waals surface area contributed by atoms with Crippen LogP contribution in [0.2, 0.25) is 0 Å². The molecule has 2 aliphatic rings. The number of ether oxygens (including phenoxy) is 2. The normalized spacial score (nSPS) is 21.6. The number of benzene rings is 2. The van der Waals surface area contributed by atoms with Gasteiger partial charge in [-0.1, -0.05) is 48.5 Å². The van der Waals surface area contributed by atoms with Gasteiger partial charge in [0.2, 0.25) is 0 Å². The minimum atomic E-state index is 0.0428. The highest BCUT2D eigenvalue weighted by Gasteiger charge is 2.33. The van der Waals surface area contributed by atoms with E-state index >= 15 is 0 Å². The molecule has 22 heavy (non-hydrogen) atoms. The summed E-state index contributed by atoms with van der Waals surface area (Å²) in [5, 5.41) is 0. The molecule has 1 saturated heterocycles. The predicted octanol–water partition coefficient (Wildman–Crippen LogP) is 1.86. The number of rotatable bonds is 2. The second-order valence-electron chi connectivity index (χ2n) is 5.77. The third-order valence-electron chi connectivity index (χ3n) is 4.37. The van der Waals surface area contributed by atoms with Gasteiger partial charge in [0, 0.05) is 5.56 Å². The molecule has 2 aliphatic heterocycles. The fourth-order valence-electron chi connectivity index (χ4n) is 3.21. The fraction of sp³-hybridized carbons (Fsp3) is 0.263. The third kappa shape index (κ3) is 2.54. The van der Waals surface area contributed by atoms with Gasteiger partial charge < -0.3 is 9.47 Å². The molecule has 0 amide bonds. The Labute approximate surface area is 130 Å². The zero-order valence-corrected chi connectivity index (χ0v) is 12.5. The van der Waals surface area contributed by atoms with Crippen LogP contribution in [0, 0.1) is 0 Å². The SMILES string of the molecule is C1=C(c2ccccc2)[C@H]([NH+]2CCOCC2)Oc2ccccc21. The Kier molecular flexibility index (Phi) is 3.67. The summed E-state index contributed by atoms with van der Waals surface area (Å²) in [7, 11) is 0. The number of nitrogens with one attached hydrogen (secondary N) is 1. The van der Waals surface area contributed by atoms with E-state index in [0.29, 0.717) is 0 Å². The van der Waals surface area contributed by atoms with Crippen LogP contribution in [0.5, 0.6) is 5.75 Å². The molecule has 2 aromatic carbocycles. The molecule has 0 aromatic heterocycles. The van der Waals surface area contributed by atoms with Crippen molar-refractivity contribution >= 4 is 11.6 Å². The van der Waals surface area contributed by atoms with Gasteiger partial charge >= 0.3 is 0 Å². The van der Waals surface area contributed by atoms with Gasteiger partial charge in [-0.2, -0.15) is 0 Å². The monoisotopic (exact) mass is 294 g/mol. The van der Waals surface area contributed by atoms with E-state index in [9.17, 15) is 0 Å². The zero-order chi connectivity index (χ0) is 14.8. The Morgan fingerprint density at radius 2 is 1.59 bits per heavy atom. The van der Waals surface area contributed by atoms with E-state index in [1.165, 1.54) is 16.0 Å². The van der Waals surface area contributed by atoms with Crippen molar-refractivity contribution in [1.29, 1.82) is 0 Å². The van der Waals surface area contributed by atoms with Crippen molar-refractivity contribution in [3.8, 4) is 5.75 Å². The van der Waals surface area contributed by atoms with Crippen LogP contribution in [0.25, 0.3) is 11.6 Å². The molecular weight excluding hydrogens is 274 g/mol. The fourth-order valence-corrected chi connectivity index (χ4v) is 3.21. The number of morpholine rings is 1. The predicted molar refractivity (Wildman–Crippen MR) is 86.7 cm³/mol. The average molecular weight is 294 g/mol. The van der Waals surface area contributed by atoms with Gasteiger partial charge in [0.15, 0.2) is 0 Å². The van der Waals surface area contributed by atoms with Gasteiger partial charge in [-0.15, -0.1) is 0 Å². The minimum absolute atomic E-state index is 0.0428. The van der Waals surface area contributed by atoms with Crippen molar-refractivity contribution < 1.29 is 14.4 Å². The van der Waals surface area contributed by atoms with Crippen molar-refractivity contribution in [3.63, 3.8) is 0 Å². The molecule has 3 nitrogen and oxygen atoms in total. The van der Waals surface area contributed by atoms with Crippen molar-refractivity contribution in [1.82, 2.24) is 0 Å². The Morgan fingerprint density at radius 1 is 0.864 bits per heavy atom. The van der Waals surface area contributed by atoms with Crippen LogP contribution in [0.1, 0.15) is 11.1 Å². The van der Waals surface area contributed by atoms with E-state index in [1.54, 1.807) is 0 Å². The lowest BCUT2D eigenvalue weighted by atomic mass is 9.97. The standard InChI is InChI=1S/C19H19NO2/c1-2-6-15(7-3-1)17-14-16-8-4-5-9-18(16)22-19(17)20-10-12-21-13-11-20/h1-9,14,19H,10-13H2/p+1/t19-/m1/s1. The second kappa shape index (κ2) is 5.95. The Bertz CT molecular complexity index is 675. The molecule has 3 heteroatoms. The first-order valence-corrected chi connectivity index (χ1v) is 7.87. The zero-order valence-electron chi connectivity index (χ0n) is 12.5. The van der Waals surface area contributed by atoms with Crippen LogP contribution in [0.3, 0.4) is 0 Å². The minimum Gasteiger partial charge on any atom is -0.438 e. The highest BCUT2D eigenvalue weighted by atomic mass is 16.5. The van der Waals surface area contributed by atoms with Crippen molar-refractivity contribution in [2.24, 2.45) is 0 Å². The molecule has 1 atom stereocenters. The lowest BCUT2D eigenvalue weighted by Crippen LogP contribution is -3.18. The summed E-state index contributed by atoms with van der Waals surface area (Å²) in [6, 6.07) is 18.8. The van der Waals surface area contributed by atoms with Crippen molar-refractivity contribution in [3.05, 3.63) is 65.7 Å². The summed E-state index contributed by atoms with van der Waals surface area (Å²) in [6.07, 6.45) is 2.32. The van der Waals surface area contributed by atoms with Gasteiger partial charge in [0.1, 0.15) is 18.8 Å². The topological polar surface area (TPSA) is 22.9 Å². The summed E-state index contributed by atoms with van der Waals surface area (Å²) in [5.41, 5.74) is 3.66. The molecule has 0 aliphatic carbocycles. The van der Waals surface area contributed by atoms with Crippen LogP contribution in [-0.4, -0.2) is 32.5 Å². The van der Waals surface area contributed by atoms with Gasteiger partial charge in [0.25, 0.3) is 6.23 Å². The molecular formula is C19H20NO2+. The first-order valence-electron chi connectivity index (χ1n) is 7.87. The molecule has 2 aromatic rings. The van der Waals surface area contributed by atoms with E-state index < -0.39 is 0 Å². The van der Waals surface area contributed by atoms with E-state index in [-0.39, 0.29) is 6.23 Å². The van der Waals surface area contributed by atoms with Crippen LogP contribution in [0.15, 0.2) is 54.6 Å². The van der Waals surface area contributed by atoms with E-state index in [2.05, 4.69) is 54.6 Å². The number of para-hydroxylation sites is 1. The summed E-state index contributed by atoms with van der Waals surface area (Å²) in [5.74, 6) is 0.978. The number of quaternary nitrogens is 1. The lowest BCUT2D eigenvalue weighted by Gasteiger charge is -2.35. The average Bonchev–Trinajstić information content (AvgIpc) is 2.62. The summed E-state index contributed by atoms with van der Waals surface area (Å²) < 4.78 is 11.9.